The highest BCUT2D eigenvalue weighted by Crippen LogP contribution is 2.78. The van der Waals surface area contributed by atoms with E-state index in [1.165, 1.54) is 0 Å². The van der Waals surface area contributed by atoms with E-state index in [1.54, 1.807) is 0 Å². The molecule has 46 heavy (non-hydrogen) atoms. The number of hydrogen-bond acceptors (Lipinski definition) is 2. The van der Waals surface area contributed by atoms with E-state index in [9.17, 15) is 9.90 Å². The van der Waals surface area contributed by atoms with Crippen LogP contribution in [0.25, 0.3) is 27.5 Å². The minimum atomic E-state index is -1.37. The Morgan fingerprint density at radius 3 is 1.63 bits per heavy atom. The van der Waals surface area contributed by atoms with Gasteiger partial charge in [-0.2, -0.15) is 0 Å². The molecule has 0 saturated heterocycles. The van der Waals surface area contributed by atoms with E-state index in [0.29, 0.717) is 0 Å². The summed E-state index contributed by atoms with van der Waals surface area (Å²) < 4.78 is 0. The summed E-state index contributed by atoms with van der Waals surface area (Å²) in [6.07, 6.45) is 1.89. The molecule has 0 radical (unpaired) electrons. The van der Waals surface area contributed by atoms with Crippen LogP contribution in [-0.4, -0.2) is 10.9 Å². The molecule has 220 valence electrons. The van der Waals surface area contributed by atoms with Crippen molar-refractivity contribution in [2.24, 2.45) is 17.8 Å². The predicted octanol–water partition coefficient (Wildman–Crippen LogP) is 9.12. The van der Waals surface area contributed by atoms with Crippen molar-refractivity contribution in [2.45, 2.75) is 11.0 Å². The van der Waals surface area contributed by atoms with E-state index in [1.807, 2.05) is 54.6 Å². The van der Waals surface area contributed by atoms with Crippen molar-refractivity contribution in [2.75, 3.05) is 0 Å². The third kappa shape index (κ3) is 3.53. The van der Waals surface area contributed by atoms with Gasteiger partial charge in [0.25, 0.3) is 0 Å². The molecular weight excluding hydrogens is 560 g/mol. The van der Waals surface area contributed by atoms with Crippen LogP contribution in [0.15, 0.2) is 170 Å². The number of hydrogen-bond donors (Lipinski definition) is 1. The molecule has 0 amide bonds. The van der Waals surface area contributed by atoms with Gasteiger partial charge in [-0.25, -0.2) is 0 Å². The third-order valence-corrected chi connectivity index (χ3v) is 10.8. The lowest BCUT2D eigenvalue weighted by atomic mass is 9.57. The van der Waals surface area contributed by atoms with Crippen LogP contribution in [0.2, 0.25) is 0 Å². The lowest BCUT2D eigenvalue weighted by Gasteiger charge is -2.44. The monoisotopic (exact) mass is 592 g/mol. The van der Waals surface area contributed by atoms with Gasteiger partial charge in [-0.1, -0.05) is 158 Å². The van der Waals surface area contributed by atoms with Crippen LogP contribution in [0.5, 0.6) is 0 Å². The number of ketones is 1. The van der Waals surface area contributed by atoms with Crippen molar-refractivity contribution in [3.05, 3.63) is 198 Å². The highest BCUT2D eigenvalue weighted by molar-refractivity contribution is 6.15. The maximum Gasteiger partial charge on any atom is 0.161 e. The number of rotatable bonds is 5. The van der Waals surface area contributed by atoms with Gasteiger partial charge in [0.05, 0.1) is 0 Å². The molecule has 1 N–H and O–H groups in total. The van der Waals surface area contributed by atoms with E-state index >= 15 is 0 Å². The maximum absolute atomic E-state index is 14.7. The molecule has 1 saturated carbocycles. The molecular formula is C44H32O2. The van der Waals surface area contributed by atoms with Crippen molar-refractivity contribution < 1.29 is 9.90 Å². The first-order valence-corrected chi connectivity index (χ1v) is 16.1. The summed E-state index contributed by atoms with van der Waals surface area (Å²) in [6.45, 7) is 0. The molecule has 0 heterocycles. The van der Waals surface area contributed by atoms with Gasteiger partial charge >= 0.3 is 0 Å². The van der Waals surface area contributed by atoms with E-state index in [4.69, 9.17) is 0 Å². The van der Waals surface area contributed by atoms with Gasteiger partial charge in [0.2, 0.25) is 0 Å². The minimum absolute atomic E-state index is 0.0787. The van der Waals surface area contributed by atoms with Crippen molar-refractivity contribution >= 4 is 33.3 Å². The van der Waals surface area contributed by atoms with Crippen LogP contribution in [-0.2, 0) is 15.8 Å². The summed E-state index contributed by atoms with van der Waals surface area (Å²) in [5.74, 6) is -1.35. The fraction of sp³-hybridized carbons (Fsp3) is 0.114. The van der Waals surface area contributed by atoms with Gasteiger partial charge in [-0.05, 0) is 67.5 Å². The number of carbonyl (C=O) groups is 1. The minimum Gasteiger partial charge on any atom is -0.384 e. The zero-order chi connectivity index (χ0) is 30.9. The number of aliphatic hydroxyl groups is 1. The van der Waals surface area contributed by atoms with Crippen molar-refractivity contribution in [1.29, 1.82) is 0 Å². The van der Waals surface area contributed by atoms with Crippen LogP contribution < -0.4 is 0 Å². The smallest absolute Gasteiger partial charge is 0.161 e. The lowest BCUT2D eigenvalue weighted by molar-refractivity contribution is -0.120. The summed E-state index contributed by atoms with van der Waals surface area (Å²) in [5, 5.41) is 16.1. The Morgan fingerprint density at radius 1 is 0.478 bits per heavy atom. The zero-order valence-electron chi connectivity index (χ0n) is 25.3. The molecule has 0 spiro atoms. The van der Waals surface area contributed by atoms with Gasteiger partial charge in [0, 0.05) is 23.2 Å². The Labute approximate surface area is 269 Å². The Bertz CT molecular complexity index is 2180. The van der Waals surface area contributed by atoms with E-state index in [2.05, 4.69) is 115 Å². The van der Waals surface area contributed by atoms with Crippen LogP contribution in [0.4, 0.5) is 0 Å². The number of carbonyl (C=O) groups excluding carboxylic acids is 1. The molecule has 2 nitrogen and oxygen atoms in total. The van der Waals surface area contributed by atoms with Gasteiger partial charge in [0.1, 0.15) is 5.60 Å². The molecule has 2 heteroatoms. The standard InChI is InChI=1S/C44H32O2/c45-37-28-36(30-16-5-1-6-17-30)43(34-23-11-4-12-24-34)40(37)41-38(31-18-7-2-8-19-31)39(32-20-9-3-10-21-32)42(43)44(41,46)35-26-25-29-15-13-14-22-33(29)27-35/h1-28,40-42,46H. The second kappa shape index (κ2) is 10.1. The van der Waals surface area contributed by atoms with Crippen molar-refractivity contribution in [3.8, 4) is 0 Å². The summed E-state index contributed by atoms with van der Waals surface area (Å²) >= 11 is 0. The summed E-state index contributed by atoms with van der Waals surface area (Å²) in [6, 6.07) is 56.4. The molecule has 2 bridgehead atoms. The molecule has 6 aromatic carbocycles. The number of benzene rings is 6. The van der Waals surface area contributed by atoms with Crippen LogP contribution in [0.3, 0.4) is 0 Å². The second-order valence-electron chi connectivity index (χ2n) is 12.9. The van der Waals surface area contributed by atoms with Gasteiger partial charge in [0.15, 0.2) is 5.78 Å². The molecule has 3 aliphatic carbocycles. The second-order valence-corrected chi connectivity index (χ2v) is 12.9. The fourth-order valence-corrected chi connectivity index (χ4v) is 9.28. The SMILES string of the molecule is O=C1C=C(c2ccccc2)C2(c3ccccc3)C1C1C(c3ccccc3)=C(c3ccccc3)C2C1(O)c1ccc2ccccc2c1. The maximum atomic E-state index is 14.7. The first-order chi connectivity index (χ1) is 22.6. The highest BCUT2D eigenvalue weighted by Gasteiger charge is 2.77. The topological polar surface area (TPSA) is 37.3 Å². The van der Waals surface area contributed by atoms with Crippen molar-refractivity contribution in [3.63, 3.8) is 0 Å². The summed E-state index contributed by atoms with van der Waals surface area (Å²) in [4.78, 5) is 14.7. The third-order valence-electron chi connectivity index (χ3n) is 10.8. The lowest BCUT2D eigenvalue weighted by Crippen LogP contribution is -2.43. The number of fused-ring (bicyclic) bond motifs is 6. The quantitative estimate of drug-likeness (QED) is 0.217. The molecule has 1 fully saturated rings. The summed E-state index contributed by atoms with van der Waals surface area (Å²) in [5.41, 5.74) is 6.07. The Hall–Kier alpha value is -5.31. The molecule has 3 aliphatic rings. The summed E-state index contributed by atoms with van der Waals surface area (Å²) in [7, 11) is 0. The zero-order valence-corrected chi connectivity index (χ0v) is 25.3. The first kappa shape index (κ1) is 27.0. The average Bonchev–Trinajstić information content (AvgIpc) is 3.68. The van der Waals surface area contributed by atoms with Gasteiger partial charge in [-0.3, -0.25) is 4.79 Å². The van der Waals surface area contributed by atoms with Crippen LogP contribution in [0, 0.1) is 17.8 Å². The molecule has 9 rings (SSSR count). The molecule has 5 unspecified atom stereocenters. The Kier molecular flexibility index (Phi) is 5.94. The molecule has 5 atom stereocenters. The van der Waals surface area contributed by atoms with E-state index < -0.39 is 28.8 Å². The van der Waals surface area contributed by atoms with Crippen molar-refractivity contribution in [1.82, 2.24) is 0 Å². The van der Waals surface area contributed by atoms with Gasteiger partial charge < -0.3 is 5.11 Å². The highest BCUT2D eigenvalue weighted by atomic mass is 16.3. The number of allylic oxidation sites excluding steroid dienone is 2. The fourth-order valence-electron chi connectivity index (χ4n) is 9.28. The predicted molar refractivity (Wildman–Crippen MR) is 186 cm³/mol. The molecule has 0 aliphatic heterocycles. The largest absolute Gasteiger partial charge is 0.384 e. The molecule has 6 aromatic rings. The average molecular weight is 593 g/mol. The Morgan fingerprint density at radius 2 is 1.00 bits per heavy atom. The van der Waals surface area contributed by atoms with E-state index in [0.717, 1.165) is 55.3 Å². The van der Waals surface area contributed by atoms with Crippen LogP contribution in [0.1, 0.15) is 27.8 Å². The Balaban J connectivity index is 1.44. The van der Waals surface area contributed by atoms with Crippen LogP contribution >= 0.6 is 0 Å². The first-order valence-electron chi connectivity index (χ1n) is 16.1. The van der Waals surface area contributed by atoms with E-state index in [-0.39, 0.29) is 5.78 Å². The molecule has 0 aromatic heterocycles. The normalized spacial score (nSPS) is 26.4. The van der Waals surface area contributed by atoms with Gasteiger partial charge in [-0.15, -0.1) is 0 Å².